The molecule has 1 aromatic rings. The van der Waals surface area contributed by atoms with E-state index in [2.05, 4.69) is 0 Å². The molecule has 0 spiro atoms. The topological polar surface area (TPSA) is 69.4 Å². The summed E-state index contributed by atoms with van der Waals surface area (Å²) in [4.78, 5) is 20.7. The number of nitro groups is 1. The van der Waals surface area contributed by atoms with Crippen LogP contribution in [-0.2, 0) is 0 Å². The van der Waals surface area contributed by atoms with Gasteiger partial charge in [0.2, 0.25) is 0 Å². The third-order valence-corrected chi connectivity index (χ3v) is 2.22. The summed E-state index contributed by atoms with van der Waals surface area (Å²) in [7, 11) is 0. The van der Waals surface area contributed by atoms with Crippen LogP contribution in [0.4, 0.5) is 5.69 Å². The molecule has 5 nitrogen and oxygen atoms in total. The molecule has 0 aromatic heterocycles. The molecule has 0 saturated heterocycles. The number of nitro benzene ring substituents is 1. The summed E-state index contributed by atoms with van der Waals surface area (Å²) in [6.07, 6.45) is 1.23. The van der Waals surface area contributed by atoms with Gasteiger partial charge in [0.1, 0.15) is 6.29 Å². The van der Waals surface area contributed by atoms with Crippen LogP contribution < -0.4 is 4.74 Å². The number of carbonyl (C=O) groups is 1. The molecular formula is C11H13NO4. The molecule has 0 bridgehead atoms. The van der Waals surface area contributed by atoms with Crippen LogP contribution in [0.2, 0.25) is 0 Å². The Morgan fingerprint density at radius 3 is 2.75 bits per heavy atom. The molecule has 0 N–H and O–H groups in total. The van der Waals surface area contributed by atoms with E-state index in [-0.39, 0.29) is 23.1 Å². The fraction of sp³-hybridized carbons (Fsp3) is 0.364. The highest BCUT2D eigenvalue weighted by Gasteiger charge is 2.17. The maximum Gasteiger partial charge on any atom is 0.311 e. The molecule has 0 saturated carbocycles. The summed E-state index contributed by atoms with van der Waals surface area (Å²) in [5, 5.41) is 10.8. The zero-order chi connectivity index (χ0) is 12.1. The highest BCUT2D eigenvalue weighted by molar-refractivity contribution is 5.77. The van der Waals surface area contributed by atoms with E-state index in [0.29, 0.717) is 6.29 Å². The number of benzene rings is 1. The smallest absolute Gasteiger partial charge is 0.311 e. The molecule has 0 fully saturated rings. The predicted octanol–water partition coefficient (Wildman–Crippen LogP) is 2.58. The van der Waals surface area contributed by atoms with Crippen molar-refractivity contribution in [3.8, 4) is 5.75 Å². The van der Waals surface area contributed by atoms with Crippen LogP contribution in [-0.4, -0.2) is 17.3 Å². The standard InChI is InChI=1S/C11H13NO4/c1-3-8(2)16-11-5-4-9(7-13)6-10(11)12(14)15/h4-8H,3H2,1-2H3. The van der Waals surface area contributed by atoms with E-state index in [4.69, 9.17) is 4.74 Å². The van der Waals surface area contributed by atoms with E-state index in [1.165, 1.54) is 18.2 Å². The van der Waals surface area contributed by atoms with Crippen molar-refractivity contribution in [2.45, 2.75) is 26.4 Å². The Labute approximate surface area is 93.2 Å². The second kappa shape index (κ2) is 5.25. The van der Waals surface area contributed by atoms with Crippen molar-refractivity contribution in [3.63, 3.8) is 0 Å². The highest BCUT2D eigenvalue weighted by atomic mass is 16.6. The summed E-state index contributed by atoms with van der Waals surface area (Å²) < 4.78 is 5.40. The van der Waals surface area contributed by atoms with Gasteiger partial charge in [0.05, 0.1) is 11.0 Å². The molecule has 86 valence electrons. The fourth-order valence-electron chi connectivity index (χ4n) is 1.15. The van der Waals surface area contributed by atoms with Crippen LogP contribution in [0.25, 0.3) is 0 Å². The third-order valence-electron chi connectivity index (χ3n) is 2.22. The first kappa shape index (κ1) is 12.2. The third kappa shape index (κ3) is 2.79. The zero-order valence-electron chi connectivity index (χ0n) is 9.17. The van der Waals surface area contributed by atoms with Crippen molar-refractivity contribution in [2.24, 2.45) is 0 Å². The summed E-state index contributed by atoms with van der Waals surface area (Å²) in [5.74, 6) is 0.199. The van der Waals surface area contributed by atoms with E-state index in [1.54, 1.807) is 0 Å². The highest BCUT2D eigenvalue weighted by Crippen LogP contribution is 2.28. The van der Waals surface area contributed by atoms with Gasteiger partial charge in [-0.25, -0.2) is 0 Å². The van der Waals surface area contributed by atoms with Gasteiger partial charge in [-0.1, -0.05) is 6.92 Å². The molecule has 1 aromatic carbocycles. The van der Waals surface area contributed by atoms with Crippen LogP contribution >= 0.6 is 0 Å². The number of hydrogen-bond donors (Lipinski definition) is 0. The molecular weight excluding hydrogens is 210 g/mol. The molecule has 16 heavy (non-hydrogen) atoms. The van der Waals surface area contributed by atoms with E-state index < -0.39 is 4.92 Å². The number of rotatable bonds is 5. The molecule has 5 heteroatoms. The van der Waals surface area contributed by atoms with Crippen LogP contribution in [0.3, 0.4) is 0 Å². The summed E-state index contributed by atoms with van der Waals surface area (Å²) in [6.45, 7) is 3.76. The number of aldehydes is 1. The molecule has 0 aliphatic rings. The Hall–Kier alpha value is -1.91. The van der Waals surface area contributed by atoms with Crippen molar-refractivity contribution in [3.05, 3.63) is 33.9 Å². The Bertz CT molecular complexity index is 403. The van der Waals surface area contributed by atoms with E-state index in [9.17, 15) is 14.9 Å². The van der Waals surface area contributed by atoms with Crippen molar-refractivity contribution in [2.75, 3.05) is 0 Å². The van der Waals surface area contributed by atoms with Crippen LogP contribution in [0.5, 0.6) is 5.75 Å². The predicted molar refractivity (Wildman–Crippen MR) is 58.9 cm³/mol. The second-order valence-corrected chi connectivity index (χ2v) is 3.44. The first-order valence-corrected chi connectivity index (χ1v) is 4.98. The van der Waals surface area contributed by atoms with Gasteiger partial charge in [-0.2, -0.15) is 0 Å². The first-order chi connectivity index (χ1) is 7.58. The number of carbonyl (C=O) groups excluding carboxylic acids is 1. The van der Waals surface area contributed by atoms with Gasteiger partial charge in [-0.15, -0.1) is 0 Å². The fourth-order valence-corrected chi connectivity index (χ4v) is 1.15. The lowest BCUT2D eigenvalue weighted by molar-refractivity contribution is -0.386. The van der Waals surface area contributed by atoms with Gasteiger partial charge in [-0.3, -0.25) is 14.9 Å². The van der Waals surface area contributed by atoms with Gasteiger partial charge < -0.3 is 4.74 Å². The summed E-state index contributed by atoms with van der Waals surface area (Å²) in [5.41, 5.74) is 0.0908. The largest absolute Gasteiger partial charge is 0.484 e. The lowest BCUT2D eigenvalue weighted by atomic mass is 10.2. The molecule has 1 rings (SSSR count). The molecule has 0 radical (unpaired) electrons. The average molecular weight is 223 g/mol. The molecule has 1 unspecified atom stereocenters. The number of ether oxygens (including phenoxy) is 1. The Morgan fingerprint density at radius 2 is 2.25 bits per heavy atom. The van der Waals surface area contributed by atoms with E-state index in [0.717, 1.165) is 6.42 Å². The minimum Gasteiger partial charge on any atom is -0.484 e. The zero-order valence-corrected chi connectivity index (χ0v) is 9.17. The van der Waals surface area contributed by atoms with E-state index in [1.807, 2.05) is 13.8 Å². The Balaban J connectivity index is 3.07. The monoisotopic (exact) mass is 223 g/mol. The number of nitrogens with zero attached hydrogens (tertiary/aromatic N) is 1. The minimum absolute atomic E-state index is 0.0965. The molecule has 0 heterocycles. The Morgan fingerprint density at radius 1 is 1.56 bits per heavy atom. The Kier molecular flexibility index (Phi) is 3.99. The minimum atomic E-state index is -0.551. The molecule has 1 atom stereocenters. The van der Waals surface area contributed by atoms with Gasteiger partial charge in [0, 0.05) is 11.6 Å². The van der Waals surface area contributed by atoms with Crippen LogP contribution in [0.15, 0.2) is 18.2 Å². The lowest BCUT2D eigenvalue weighted by Gasteiger charge is -2.12. The maximum atomic E-state index is 10.8. The quantitative estimate of drug-likeness (QED) is 0.437. The van der Waals surface area contributed by atoms with E-state index >= 15 is 0 Å². The summed E-state index contributed by atoms with van der Waals surface area (Å²) in [6, 6.07) is 4.16. The van der Waals surface area contributed by atoms with Crippen molar-refractivity contribution in [1.29, 1.82) is 0 Å². The lowest BCUT2D eigenvalue weighted by Crippen LogP contribution is -2.11. The van der Waals surface area contributed by atoms with Gasteiger partial charge >= 0.3 is 5.69 Å². The second-order valence-electron chi connectivity index (χ2n) is 3.44. The molecule has 0 amide bonds. The first-order valence-electron chi connectivity index (χ1n) is 4.98. The maximum absolute atomic E-state index is 10.8. The van der Waals surface area contributed by atoms with Crippen molar-refractivity contribution < 1.29 is 14.5 Å². The summed E-state index contributed by atoms with van der Waals surface area (Å²) >= 11 is 0. The van der Waals surface area contributed by atoms with Gasteiger partial charge in [0.25, 0.3) is 0 Å². The van der Waals surface area contributed by atoms with Crippen LogP contribution in [0, 0.1) is 10.1 Å². The average Bonchev–Trinajstić information content (AvgIpc) is 2.29. The van der Waals surface area contributed by atoms with Crippen molar-refractivity contribution >= 4 is 12.0 Å². The molecule has 0 aliphatic carbocycles. The SMILES string of the molecule is CCC(C)Oc1ccc(C=O)cc1[N+](=O)[O-]. The number of hydrogen-bond acceptors (Lipinski definition) is 4. The van der Waals surface area contributed by atoms with Gasteiger partial charge in [-0.05, 0) is 25.5 Å². The van der Waals surface area contributed by atoms with Crippen molar-refractivity contribution in [1.82, 2.24) is 0 Å². The van der Waals surface area contributed by atoms with Crippen LogP contribution in [0.1, 0.15) is 30.6 Å². The normalized spacial score (nSPS) is 11.9. The van der Waals surface area contributed by atoms with Gasteiger partial charge in [0.15, 0.2) is 5.75 Å². The molecule has 0 aliphatic heterocycles.